The molecule has 0 bridgehead atoms. The third-order valence-corrected chi connectivity index (χ3v) is 3.66. The fourth-order valence-electron chi connectivity index (χ4n) is 2.30. The molecule has 2 rings (SSSR count). The highest BCUT2D eigenvalue weighted by atomic mass is 35.5. The number of ether oxygens (including phenoxy) is 1. The van der Waals surface area contributed by atoms with Gasteiger partial charge in [0.1, 0.15) is 5.75 Å². The molecule has 0 spiro atoms. The monoisotopic (exact) mass is 281 g/mol. The Morgan fingerprint density at radius 2 is 1.89 bits per heavy atom. The molecule has 19 heavy (non-hydrogen) atoms. The molecular weight excluding hydrogens is 262 g/mol. The van der Waals surface area contributed by atoms with Crippen molar-refractivity contribution in [1.82, 2.24) is 4.90 Å². The number of rotatable bonds is 4. The number of hydrogen-bond acceptors (Lipinski definition) is 2. The molecule has 1 aliphatic rings. The largest absolute Gasteiger partial charge is 0.481 e. The Morgan fingerprint density at radius 3 is 2.47 bits per heavy atom. The van der Waals surface area contributed by atoms with Crippen LogP contribution in [0.15, 0.2) is 24.3 Å². The molecule has 1 heterocycles. The average Bonchev–Trinajstić information content (AvgIpc) is 2.47. The maximum Gasteiger partial charge on any atom is 0.263 e. The summed E-state index contributed by atoms with van der Waals surface area (Å²) in [6.45, 7) is 3.70. The third-order valence-electron chi connectivity index (χ3n) is 3.41. The molecule has 1 amide bonds. The molecule has 1 atom stereocenters. The van der Waals surface area contributed by atoms with Gasteiger partial charge in [-0.15, -0.1) is 0 Å². The molecule has 1 saturated heterocycles. The van der Waals surface area contributed by atoms with Gasteiger partial charge in [-0.2, -0.15) is 0 Å². The van der Waals surface area contributed by atoms with E-state index in [0.717, 1.165) is 25.9 Å². The summed E-state index contributed by atoms with van der Waals surface area (Å²) < 4.78 is 5.78. The Balaban J connectivity index is 1.98. The van der Waals surface area contributed by atoms with Crippen molar-refractivity contribution >= 4 is 17.5 Å². The van der Waals surface area contributed by atoms with Crippen LogP contribution in [0, 0.1) is 0 Å². The topological polar surface area (TPSA) is 29.5 Å². The van der Waals surface area contributed by atoms with Gasteiger partial charge < -0.3 is 9.64 Å². The Labute approximate surface area is 119 Å². The Morgan fingerprint density at radius 1 is 1.26 bits per heavy atom. The number of amides is 1. The van der Waals surface area contributed by atoms with E-state index < -0.39 is 0 Å². The zero-order chi connectivity index (χ0) is 13.7. The van der Waals surface area contributed by atoms with Gasteiger partial charge in [0, 0.05) is 18.1 Å². The lowest BCUT2D eigenvalue weighted by atomic mass is 10.1. The first-order chi connectivity index (χ1) is 9.20. The van der Waals surface area contributed by atoms with Gasteiger partial charge in [-0.3, -0.25) is 4.79 Å². The van der Waals surface area contributed by atoms with Crippen LogP contribution < -0.4 is 4.74 Å². The van der Waals surface area contributed by atoms with E-state index in [1.54, 1.807) is 24.3 Å². The van der Waals surface area contributed by atoms with Gasteiger partial charge >= 0.3 is 0 Å². The van der Waals surface area contributed by atoms with E-state index >= 15 is 0 Å². The fraction of sp³-hybridized carbons (Fsp3) is 0.533. The van der Waals surface area contributed by atoms with Crippen LogP contribution in [-0.4, -0.2) is 30.0 Å². The third kappa shape index (κ3) is 3.87. The predicted molar refractivity (Wildman–Crippen MR) is 76.6 cm³/mol. The number of halogens is 1. The Bertz CT molecular complexity index is 413. The second kappa shape index (κ2) is 6.80. The summed E-state index contributed by atoms with van der Waals surface area (Å²) in [5.74, 6) is 0.804. The SMILES string of the molecule is CC[C@H](Oc1ccc(Cl)cc1)C(=O)N1CCCCC1. The van der Waals surface area contributed by atoms with Crippen LogP contribution in [-0.2, 0) is 4.79 Å². The molecule has 0 N–H and O–H groups in total. The minimum Gasteiger partial charge on any atom is -0.481 e. The van der Waals surface area contributed by atoms with Crippen molar-refractivity contribution in [3.63, 3.8) is 0 Å². The molecule has 104 valence electrons. The summed E-state index contributed by atoms with van der Waals surface area (Å²) in [7, 11) is 0. The van der Waals surface area contributed by atoms with Crippen LogP contribution in [0.1, 0.15) is 32.6 Å². The summed E-state index contributed by atoms with van der Waals surface area (Å²) >= 11 is 5.84. The number of hydrogen-bond donors (Lipinski definition) is 0. The standard InChI is InChI=1S/C15H20ClNO2/c1-2-14(15(18)17-10-4-3-5-11-17)19-13-8-6-12(16)7-9-13/h6-9,14H,2-5,10-11H2,1H3/t14-/m0/s1. The van der Waals surface area contributed by atoms with Gasteiger partial charge in [0.15, 0.2) is 6.10 Å². The first-order valence-electron chi connectivity index (χ1n) is 6.91. The highest BCUT2D eigenvalue weighted by Gasteiger charge is 2.25. The normalized spacial score (nSPS) is 17.1. The minimum atomic E-state index is -0.390. The maximum atomic E-state index is 12.4. The van der Waals surface area contributed by atoms with E-state index in [2.05, 4.69) is 0 Å². The van der Waals surface area contributed by atoms with E-state index in [1.807, 2.05) is 11.8 Å². The number of carbonyl (C=O) groups excluding carboxylic acids is 1. The van der Waals surface area contributed by atoms with E-state index in [4.69, 9.17) is 16.3 Å². The number of piperidine rings is 1. The lowest BCUT2D eigenvalue weighted by Crippen LogP contribution is -2.44. The average molecular weight is 282 g/mol. The molecule has 0 unspecified atom stereocenters. The quantitative estimate of drug-likeness (QED) is 0.845. The van der Waals surface area contributed by atoms with Gasteiger partial charge in [0.05, 0.1) is 0 Å². The van der Waals surface area contributed by atoms with Gasteiger partial charge in [0.2, 0.25) is 0 Å². The van der Waals surface area contributed by atoms with Gasteiger partial charge in [-0.1, -0.05) is 18.5 Å². The summed E-state index contributed by atoms with van der Waals surface area (Å²) in [4.78, 5) is 14.3. The summed E-state index contributed by atoms with van der Waals surface area (Å²) in [5.41, 5.74) is 0. The van der Waals surface area contributed by atoms with E-state index in [0.29, 0.717) is 17.2 Å². The van der Waals surface area contributed by atoms with E-state index in [9.17, 15) is 4.79 Å². The fourth-order valence-corrected chi connectivity index (χ4v) is 2.43. The van der Waals surface area contributed by atoms with Crippen molar-refractivity contribution in [2.24, 2.45) is 0 Å². The lowest BCUT2D eigenvalue weighted by Gasteiger charge is -2.30. The summed E-state index contributed by atoms with van der Waals surface area (Å²) in [5, 5.41) is 0.669. The highest BCUT2D eigenvalue weighted by molar-refractivity contribution is 6.30. The molecule has 1 aromatic carbocycles. The van der Waals surface area contributed by atoms with Crippen molar-refractivity contribution in [1.29, 1.82) is 0 Å². The van der Waals surface area contributed by atoms with Gasteiger partial charge in [-0.25, -0.2) is 0 Å². The first kappa shape index (κ1) is 14.2. The van der Waals surface area contributed by atoms with Gasteiger partial charge in [0.25, 0.3) is 5.91 Å². The van der Waals surface area contributed by atoms with Crippen LogP contribution in [0.5, 0.6) is 5.75 Å². The van der Waals surface area contributed by atoms with Crippen LogP contribution in [0.3, 0.4) is 0 Å². The van der Waals surface area contributed by atoms with Crippen molar-refractivity contribution in [3.8, 4) is 5.75 Å². The van der Waals surface area contributed by atoms with Crippen LogP contribution in [0.2, 0.25) is 5.02 Å². The summed E-state index contributed by atoms with van der Waals surface area (Å²) in [6, 6.07) is 7.15. The molecule has 0 aliphatic carbocycles. The molecular formula is C15H20ClNO2. The molecule has 1 fully saturated rings. The maximum absolute atomic E-state index is 12.4. The van der Waals surface area contributed by atoms with Crippen molar-refractivity contribution < 1.29 is 9.53 Å². The van der Waals surface area contributed by atoms with Crippen molar-refractivity contribution in [3.05, 3.63) is 29.3 Å². The predicted octanol–water partition coefficient (Wildman–Crippen LogP) is 3.51. The highest BCUT2D eigenvalue weighted by Crippen LogP contribution is 2.19. The number of likely N-dealkylation sites (tertiary alicyclic amines) is 1. The van der Waals surface area contributed by atoms with Crippen molar-refractivity contribution in [2.75, 3.05) is 13.1 Å². The number of benzene rings is 1. The molecule has 3 nitrogen and oxygen atoms in total. The summed E-state index contributed by atoms with van der Waals surface area (Å²) in [6.07, 6.45) is 3.71. The zero-order valence-electron chi connectivity index (χ0n) is 11.3. The Kier molecular flexibility index (Phi) is 5.08. The van der Waals surface area contributed by atoms with E-state index in [-0.39, 0.29) is 12.0 Å². The second-order valence-corrected chi connectivity index (χ2v) is 5.29. The van der Waals surface area contributed by atoms with Crippen LogP contribution in [0.25, 0.3) is 0 Å². The second-order valence-electron chi connectivity index (χ2n) is 4.85. The molecule has 1 aliphatic heterocycles. The molecule has 0 radical (unpaired) electrons. The van der Waals surface area contributed by atoms with E-state index in [1.165, 1.54) is 6.42 Å². The molecule has 0 aromatic heterocycles. The molecule has 1 aromatic rings. The number of carbonyl (C=O) groups is 1. The zero-order valence-corrected chi connectivity index (χ0v) is 12.0. The van der Waals surface area contributed by atoms with Crippen LogP contribution >= 0.6 is 11.6 Å². The first-order valence-corrected chi connectivity index (χ1v) is 7.29. The van der Waals surface area contributed by atoms with Crippen molar-refractivity contribution in [2.45, 2.75) is 38.7 Å². The molecule has 4 heteroatoms. The smallest absolute Gasteiger partial charge is 0.263 e. The Hall–Kier alpha value is -1.22. The van der Waals surface area contributed by atoms with Crippen LogP contribution in [0.4, 0.5) is 0 Å². The molecule has 0 saturated carbocycles. The minimum absolute atomic E-state index is 0.108. The number of nitrogens with zero attached hydrogens (tertiary/aromatic N) is 1. The van der Waals surface area contributed by atoms with Gasteiger partial charge in [-0.05, 0) is 49.9 Å². The lowest BCUT2D eigenvalue weighted by molar-refractivity contribution is -0.139.